The van der Waals surface area contributed by atoms with Crippen LogP contribution in [0.25, 0.3) is 0 Å². The van der Waals surface area contributed by atoms with E-state index in [-0.39, 0.29) is 11.3 Å². The Morgan fingerprint density at radius 1 is 1.13 bits per heavy atom. The third-order valence-corrected chi connectivity index (χ3v) is 5.01. The van der Waals surface area contributed by atoms with E-state index in [1.165, 1.54) is 30.5 Å². The molecule has 0 aliphatic heterocycles. The van der Waals surface area contributed by atoms with Gasteiger partial charge in [-0.25, -0.2) is 5.43 Å². The number of rotatable bonds is 7. The number of nitrogens with zero attached hydrogens (tertiary/aromatic N) is 2. The topological polar surface area (TPSA) is 93.8 Å². The molecular weight excluding hydrogens is 462 g/mol. The fourth-order valence-corrected chi connectivity index (χ4v) is 3.28. The smallest absolute Gasteiger partial charge is 0.271 e. The van der Waals surface area contributed by atoms with Crippen LogP contribution in [0.1, 0.15) is 32.6 Å². The van der Waals surface area contributed by atoms with E-state index in [1.807, 2.05) is 50.2 Å². The second-order valence-corrected chi connectivity index (χ2v) is 7.82. The molecule has 158 valence electrons. The molecule has 3 rings (SSSR count). The number of carbonyl (C=O) groups is 1. The number of non-ortho nitro benzene ring substituents is 1. The lowest BCUT2D eigenvalue weighted by molar-refractivity contribution is -0.384. The first-order valence-electron chi connectivity index (χ1n) is 9.40. The number of hydrogen-bond donors (Lipinski definition) is 1. The molecule has 0 heterocycles. The van der Waals surface area contributed by atoms with Crippen molar-refractivity contribution in [3.05, 3.63) is 103 Å². The zero-order valence-corrected chi connectivity index (χ0v) is 18.5. The maximum absolute atomic E-state index is 12.2. The summed E-state index contributed by atoms with van der Waals surface area (Å²) in [6.45, 7) is 4.35. The highest BCUT2D eigenvalue weighted by Crippen LogP contribution is 2.25. The number of hydrazone groups is 1. The van der Waals surface area contributed by atoms with Crippen LogP contribution in [-0.4, -0.2) is 17.0 Å². The van der Waals surface area contributed by atoms with Gasteiger partial charge in [-0.2, -0.15) is 5.10 Å². The lowest BCUT2D eigenvalue weighted by atomic mass is 10.1. The molecule has 0 atom stereocenters. The van der Waals surface area contributed by atoms with Crippen molar-refractivity contribution < 1.29 is 14.5 Å². The molecule has 3 aromatic rings. The summed E-state index contributed by atoms with van der Waals surface area (Å²) in [6.07, 6.45) is 1.52. The second-order valence-electron chi connectivity index (χ2n) is 6.91. The van der Waals surface area contributed by atoms with Crippen LogP contribution >= 0.6 is 15.9 Å². The van der Waals surface area contributed by atoms with Crippen molar-refractivity contribution in [2.45, 2.75) is 20.5 Å². The first-order valence-corrected chi connectivity index (χ1v) is 10.2. The SMILES string of the molecule is Cc1cc(/C=N\NC(=O)c2cccc([N+](=O)[O-])c2)cc(C)c1OCc1ccc(Br)cc1. The van der Waals surface area contributed by atoms with Crippen LogP contribution in [0.5, 0.6) is 5.75 Å². The molecule has 7 nitrogen and oxygen atoms in total. The first kappa shape index (κ1) is 22.2. The number of halogens is 1. The normalized spacial score (nSPS) is 10.8. The van der Waals surface area contributed by atoms with Gasteiger partial charge >= 0.3 is 0 Å². The monoisotopic (exact) mass is 481 g/mol. The number of amides is 1. The van der Waals surface area contributed by atoms with E-state index in [0.717, 1.165) is 32.5 Å². The maximum Gasteiger partial charge on any atom is 0.271 e. The zero-order valence-electron chi connectivity index (χ0n) is 17.0. The summed E-state index contributed by atoms with van der Waals surface area (Å²) in [6, 6.07) is 17.2. The van der Waals surface area contributed by atoms with E-state index in [9.17, 15) is 14.9 Å². The Bertz CT molecular complexity index is 1120. The number of ether oxygens (including phenoxy) is 1. The Balaban J connectivity index is 1.64. The lowest BCUT2D eigenvalue weighted by Crippen LogP contribution is -2.17. The summed E-state index contributed by atoms with van der Waals surface area (Å²) in [7, 11) is 0. The molecule has 1 N–H and O–H groups in total. The quantitative estimate of drug-likeness (QED) is 0.280. The van der Waals surface area contributed by atoms with Crippen LogP contribution in [0.3, 0.4) is 0 Å². The predicted molar refractivity (Wildman–Crippen MR) is 123 cm³/mol. The van der Waals surface area contributed by atoms with Gasteiger partial charge in [-0.3, -0.25) is 14.9 Å². The van der Waals surface area contributed by atoms with Crippen molar-refractivity contribution in [1.29, 1.82) is 0 Å². The molecule has 0 fully saturated rings. The predicted octanol–water partition coefficient (Wildman–Crippen LogP) is 5.32. The molecule has 0 aromatic heterocycles. The lowest BCUT2D eigenvalue weighted by Gasteiger charge is -2.13. The van der Waals surface area contributed by atoms with Crippen LogP contribution in [0.15, 0.2) is 70.2 Å². The molecule has 8 heteroatoms. The fraction of sp³-hybridized carbons (Fsp3) is 0.130. The van der Waals surface area contributed by atoms with Crippen LogP contribution in [0.4, 0.5) is 5.69 Å². The third kappa shape index (κ3) is 5.99. The summed E-state index contributed by atoms with van der Waals surface area (Å²) < 4.78 is 7.01. The Morgan fingerprint density at radius 2 is 1.81 bits per heavy atom. The highest BCUT2D eigenvalue weighted by molar-refractivity contribution is 9.10. The molecular formula is C23H20BrN3O4. The zero-order chi connectivity index (χ0) is 22.4. The van der Waals surface area contributed by atoms with Gasteiger partial charge in [0.2, 0.25) is 0 Å². The van der Waals surface area contributed by atoms with Crippen molar-refractivity contribution in [2.24, 2.45) is 5.10 Å². The van der Waals surface area contributed by atoms with Crippen LogP contribution in [-0.2, 0) is 6.61 Å². The molecule has 0 aliphatic rings. The third-order valence-electron chi connectivity index (χ3n) is 4.48. The van der Waals surface area contributed by atoms with Gasteiger partial charge in [0.05, 0.1) is 11.1 Å². The van der Waals surface area contributed by atoms with Crippen molar-refractivity contribution in [2.75, 3.05) is 0 Å². The summed E-state index contributed by atoms with van der Waals surface area (Å²) in [5.41, 5.74) is 6.16. The molecule has 0 spiro atoms. The number of hydrogen-bond acceptors (Lipinski definition) is 5. The van der Waals surface area contributed by atoms with Crippen molar-refractivity contribution in [1.82, 2.24) is 5.43 Å². The van der Waals surface area contributed by atoms with Gasteiger partial charge in [-0.05, 0) is 66.4 Å². The number of carbonyl (C=O) groups excluding carboxylic acids is 1. The Morgan fingerprint density at radius 3 is 2.45 bits per heavy atom. The van der Waals surface area contributed by atoms with Gasteiger partial charge in [0.15, 0.2) is 0 Å². The average Bonchev–Trinajstić information content (AvgIpc) is 2.74. The minimum Gasteiger partial charge on any atom is -0.488 e. The molecule has 0 bridgehead atoms. The minimum absolute atomic E-state index is 0.151. The van der Waals surface area contributed by atoms with E-state index in [1.54, 1.807) is 0 Å². The molecule has 0 radical (unpaired) electrons. The van der Waals surface area contributed by atoms with Crippen molar-refractivity contribution in [3.8, 4) is 5.75 Å². The van der Waals surface area contributed by atoms with Crippen LogP contribution < -0.4 is 10.2 Å². The molecule has 0 aliphatic carbocycles. The largest absolute Gasteiger partial charge is 0.488 e. The highest BCUT2D eigenvalue weighted by Gasteiger charge is 2.11. The molecule has 31 heavy (non-hydrogen) atoms. The van der Waals surface area contributed by atoms with Gasteiger partial charge in [0.1, 0.15) is 12.4 Å². The van der Waals surface area contributed by atoms with Gasteiger partial charge < -0.3 is 4.74 Å². The Hall–Kier alpha value is -3.52. The highest BCUT2D eigenvalue weighted by atomic mass is 79.9. The number of nitrogens with one attached hydrogen (secondary N) is 1. The summed E-state index contributed by atoms with van der Waals surface area (Å²) in [5, 5.41) is 14.8. The molecule has 0 saturated heterocycles. The molecule has 0 saturated carbocycles. The number of benzene rings is 3. The summed E-state index contributed by atoms with van der Waals surface area (Å²) in [5.74, 6) is 0.281. The second kappa shape index (κ2) is 9.99. The van der Waals surface area contributed by atoms with Crippen LogP contribution in [0, 0.1) is 24.0 Å². The number of nitro benzene ring substituents is 1. The number of aryl methyl sites for hydroxylation is 2. The molecule has 0 unspecified atom stereocenters. The minimum atomic E-state index is -0.550. The summed E-state index contributed by atoms with van der Waals surface area (Å²) in [4.78, 5) is 22.5. The van der Waals surface area contributed by atoms with Gasteiger partial charge in [-0.15, -0.1) is 0 Å². The van der Waals surface area contributed by atoms with E-state index >= 15 is 0 Å². The van der Waals surface area contributed by atoms with Gasteiger partial charge in [-0.1, -0.05) is 34.1 Å². The van der Waals surface area contributed by atoms with Gasteiger partial charge in [0.25, 0.3) is 11.6 Å². The van der Waals surface area contributed by atoms with Crippen LogP contribution in [0.2, 0.25) is 0 Å². The average molecular weight is 482 g/mol. The van der Waals surface area contributed by atoms with Crippen molar-refractivity contribution >= 4 is 33.7 Å². The van der Waals surface area contributed by atoms with E-state index < -0.39 is 10.8 Å². The Labute approximate surface area is 188 Å². The van der Waals surface area contributed by atoms with Gasteiger partial charge in [0, 0.05) is 22.2 Å². The van der Waals surface area contributed by atoms with Crippen molar-refractivity contribution in [3.63, 3.8) is 0 Å². The molecule has 3 aromatic carbocycles. The maximum atomic E-state index is 12.2. The van der Waals surface area contributed by atoms with E-state index in [2.05, 4.69) is 26.5 Å². The molecule has 1 amide bonds. The standard InChI is InChI=1S/C23H20BrN3O4/c1-15-10-18(11-16(2)22(15)31-14-17-6-8-20(24)9-7-17)13-25-26-23(28)19-4-3-5-21(12-19)27(29)30/h3-13H,14H2,1-2H3,(H,26,28)/b25-13-. The Kier molecular flexibility index (Phi) is 7.15. The van der Waals surface area contributed by atoms with E-state index in [4.69, 9.17) is 4.74 Å². The fourth-order valence-electron chi connectivity index (χ4n) is 3.01. The number of nitro groups is 1. The van der Waals surface area contributed by atoms with E-state index in [0.29, 0.717) is 6.61 Å². The summed E-state index contributed by atoms with van der Waals surface area (Å²) >= 11 is 3.42. The first-order chi connectivity index (χ1) is 14.8.